The molecule has 2 amide bonds. The van der Waals surface area contributed by atoms with Crippen LogP contribution in [-0.2, 0) is 0 Å². The fourth-order valence-corrected chi connectivity index (χ4v) is 4.54. The normalized spacial score (nSPS) is 18.2. The second kappa shape index (κ2) is 10.1. The molecule has 3 N–H and O–H groups in total. The fraction of sp³-hybridized carbons (Fsp3) is 0.375. The molecular weight excluding hydrogens is 420 g/mol. The molecule has 1 aliphatic rings. The average molecular weight is 451 g/mol. The number of hydrogen-bond acceptors (Lipinski definition) is 6. The summed E-state index contributed by atoms with van der Waals surface area (Å²) in [4.78, 5) is 25.0. The molecule has 32 heavy (non-hydrogen) atoms. The average Bonchev–Trinajstić information content (AvgIpc) is 2.80. The Kier molecular flexibility index (Phi) is 6.99. The Labute approximate surface area is 193 Å². The number of amides is 2. The number of para-hydroxylation sites is 1. The van der Waals surface area contributed by atoms with Gasteiger partial charge in [0.25, 0.3) is 0 Å². The number of nitrogens with one attached hydrogen (secondary N) is 3. The van der Waals surface area contributed by atoms with Gasteiger partial charge in [0.2, 0.25) is 5.95 Å². The Bertz CT molecular complexity index is 1080. The third-order valence-corrected chi connectivity index (χ3v) is 6.46. The van der Waals surface area contributed by atoms with E-state index in [9.17, 15) is 4.79 Å². The van der Waals surface area contributed by atoms with Gasteiger partial charge in [-0.3, -0.25) is 0 Å². The number of nitrogens with zero attached hydrogens (tertiary/aromatic N) is 3. The van der Waals surface area contributed by atoms with Gasteiger partial charge in [-0.1, -0.05) is 18.2 Å². The number of aromatic nitrogens is 2. The van der Waals surface area contributed by atoms with Crippen molar-refractivity contribution < 1.29 is 4.79 Å². The summed E-state index contributed by atoms with van der Waals surface area (Å²) < 4.78 is 0. The van der Waals surface area contributed by atoms with Crippen LogP contribution in [-0.4, -0.2) is 48.4 Å². The second-order valence-corrected chi connectivity index (χ2v) is 9.19. The van der Waals surface area contributed by atoms with E-state index in [-0.39, 0.29) is 12.1 Å². The van der Waals surface area contributed by atoms with Crippen molar-refractivity contribution in [3.63, 3.8) is 0 Å². The number of fused-ring (bicyclic) bond motifs is 1. The maximum Gasteiger partial charge on any atom is 0.319 e. The molecule has 0 atom stereocenters. The molecule has 0 saturated heterocycles. The summed E-state index contributed by atoms with van der Waals surface area (Å²) in [6, 6.07) is 16.3. The summed E-state index contributed by atoms with van der Waals surface area (Å²) in [5, 5.41) is 10.6. The van der Waals surface area contributed by atoms with Crippen LogP contribution in [0.3, 0.4) is 0 Å². The minimum Gasteiger partial charge on any atom is -0.362 e. The van der Waals surface area contributed by atoms with Gasteiger partial charge in [-0.05, 0) is 62.3 Å². The largest absolute Gasteiger partial charge is 0.362 e. The first-order valence-corrected chi connectivity index (χ1v) is 12.2. The van der Waals surface area contributed by atoms with Crippen LogP contribution in [0.15, 0.2) is 53.4 Å². The summed E-state index contributed by atoms with van der Waals surface area (Å²) in [5.74, 6) is 1.57. The van der Waals surface area contributed by atoms with Gasteiger partial charge in [0.15, 0.2) is 0 Å². The van der Waals surface area contributed by atoms with Gasteiger partial charge in [0.1, 0.15) is 5.82 Å². The van der Waals surface area contributed by atoms with Crippen LogP contribution in [0, 0.1) is 0 Å². The third-order valence-electron chi connectivity index (χ3n) is 5.73. The maximum absolute atomic E-state index is 12.4. The molecule has 0 bridgehead atoms. The Morgan fingerprint density at radius 2 is 1.75 bits per heavy atom. The van der Waals surface area contributed by atoms with E-state index < -0.39 is 0 Å². The number of urea groups is 1. The van der Waals surface area contributed by atoms with Crippen LogP contribution in [0.4, 0.5) is 22.2 Å². The lowest BCUT2D eigenvalue weighted by Gasteiger charge is -2.30. The highest BCUT2D eigenvalue weighted by Gasteiger charge is 2.23. The number of anilines is 3. The molecule has 168 valence electrons. The zero-order chi connectivity index (χ0) is 22.5. The predicted octanol–water partition coefficient (Wildman–Crippen LogP) is 4.96. The van der Waals surface area contributed by atoms with E-state index >= 15 is 0 Å². The van der Waals surface area contributed by atoms with Gasteiger partial charge in [-0.15, -0.1) is 11.8 Å². The minimum atomic E-state index is -0.145. The summed E-state index contributed by atoms with van der Waals surface area (Å²) in [7, 11) is 4.00. The van der Waals surface area contributed by atoms with Crippen LogP contribution < -0.4 is 20.9 Å². The first-order chi connectivity index (χ1) is 15.5. The van der Waals surface area contributed by atoms with Crippen LogP contribution in [0.1, 0.15) is 25.7 Å². The van der Waals surface area contributed by atoms with E-state index in [0.29, 0.717) is 12.0 Å². The van der Waals surface area contributed by atoms with Crippen molar-refractivity contribution in [2.75, 3.05) is 35.9 Å². The number of rotatable bonds is 6. The lowest BCUT2D eigenvalue weighted by Crippen LogP contribution is -2.42. The standard InChI is InChI=1S/C24H30N6OS/c1-30(2)22-20-9-4-5-10-21(20)28-23(29-22)25-16-11-13-17(14-12-16)26-24(31)27-18-7-6-8-19(15-18)32-3/h4-10,15-17H,11-14H2,1-3H3,(H,25,28,29)(H2,26,27,31)/t16-,17+. The highest BCUT2D eigenvalue weighted by molar-refractivity contribution is 7.98. The van der Waals surface area contributed by atoms with E-state index in [1.807, 2.05) is 73.8 Å². The second-order valence-electron chi connectivity index (χ2n) is 8.31. The van der Waals surface area contributed by atoms with Crippen LogP contribution in [0.25, 0.3) is 10.9 Å². The van der Waals surface area contributed by atoms with Gasteiger partial charge in [0.05, 0.1) is 5.52 Å². The van der Waals surface area contributed by atoms with E-state index in [2.05, 4.69) is 16.0 Å². The summed E-state index contributed by atoms with van der Waals surface area (Å²) >= 11 is 1.66. The SMILES string of the molecule is CSc1cccc(NC(=O)N[C@H]2CC[C@@H](Nc3nc(N(C)C)c4ccccc4n3)CC2)c1. The third kappa shape index (κ3) is 5.43. The molecule has 1 heterocycles. The lowest BCUT2D eigenvalue weighted by atomic mass is 9.91. The van der Waals surface area contributed by atoms with E-state index in [0.717, 1.165) is 53.0 Å². The Hall–Kier alpha value is -3.00. The van der Waals surface area contributed by atoms with Crippen molar-refractivity contribution in [1.82, 2.24) is 15.3 Å². The van der Waals surface area contributed by atoms with Crippen LogP contribution in [0.5, 0.6) is 0 Å². The van der Waals surface area contributed by atoms with Crippen molar-refractivity contribution >= 4 is 46.1 Å². The molecule has 4 rings (SSSR count). The van der Waals surface area contributed by atoms with Crippen molar-refractivity contribution in [1.29, 1.82) is 0 Å². The van der Waals surface area contributed by atoms with E-state index in [1.54, 1.807) is 11.8 Å². The molecule has 0 aliphatic heterocycles. The highest BCUT2D eigenvalue weighted by atomic mass is 32.2. The number of carbonyl (C=O) groups excluding carboxylic acids is 1. The Balaban J connectivity index is 1.31. The summed E-state index contributed by atoms with van der Waals surface area (Å²) in [6.07, 6.45) is 5.78. The molecule has 1 aliphatic carbocycles. The Morgan fingerprint density at radius 3 is 2.50 bits per heavy atom. The molecule has 3 aromatic rings. The maximum atomic E-state index is 12.4. The van der Waals surface area contributed by atoms with E-state index in [4.69, 9.17) is 9.97 Å². The number of thioether (sulfide) groups is 1. The number of carbonyl (C=O) groups is 1. The summed E-state index contributed by atoms with van der Waals surface area (Å²) in [5.41, 5.74) is 1.75. The van der Waals surface area contributed by atoms with Crippen LogP contribution in [0.2, 0.25) is 0 Å². The molecule has 0 radical (unpaired) electrons. The van der Waals surface area contributed by atoms with Crippen molar-refractivity contribution in [2.45, 2.75) is 42.7 Å². The molecule has 8 heteroatoms. The van der Waals surface area contributed by atoms with Gasteiger partial charge in [0, 0.05) is 42.1 Å². The van der Waals surface area contributed by atoms with Crippen molar-refractivity contribution in [3.05, 3.63) is 48.5 Å². The van der Waals surface area contributed by atoms with Crippen molar-refractivity contribution in [3.8, 4) is 0 Å². The number of benzene rings is 2. The minimum absolute atomic E-state index is 0.145. The molecule has 7 nitrogen and oxygen atoms in total. The fourth-order valence-electron chi connectivity index (χ4n) is 4.08. The predicted molar refractivity (Wildman–Crippen MR) is 134 cm³/mol. The number of hydrogen-bond donors (Lipinski definition) is 3. The van der Waals surface area contributed by atoms with E-state index in [1.165, 1.54) is 0 Å². The molecule has 1 fully saturated rings. The molecule has 2 aromatic carbocycles. The monoisotopic (exact) mass is 450 g/mol. The molecule has 0 spiro atoms. The molecule has 0 unspecified atom stereocenters. The quantitative estimate of drug-likeness (QED) is 0.461. The van der Waals surface area contributed by atoms with Gasteiger partial charge in [-0.25, -0.2) is 9.78 Å². The van der Waals surface area contributed by atoms with Crippen LogP contribution >= 0.6 is 11.8 Å². The summed E-state index contributed by atoms with van der Waals surface area (Å²) in [6.45, 7) is 0. The zero-order valence-electron chi connectivity index (χ0n) is 18.8. The van der Waals surface area contributed by atoms with Gasteiger partial charge < -0.3 is 20.9 Å². The topological polar surface area (TPSA) is 82.2 Å². The molecule has 1 saturated carbocycles. The molecule has 1 aromatic heterocycles. The first kappa shape index (κ1) is 22.2. The van der Waals surface area contributed by atoms with Crippen molar-refractivity contribution in [2.24, 2.45) is 0 Å². The Morgan fingerprint density at radius 1 is 1.00 bits per heavy atom. The highest BCUT2D eigenvalue weighted by Crippen LogP contribution is 2.26. The first-order valence-electron chi connectivity index (χ1n) is 10.9. The zero-order valence-corrected chi connectivity index (χ0v) is 19.6. The molecular formula is C24H30N6OS. The lowest BCUT2D eigenvalue weighted by molar-refractivity contribution is 0.243. The van der Waals surface area contributed by atoms with Gasteiger partial charge >= 0.3 is 6.03 Å². The van der Waals surface area contributed by atoms with Gasteiger partial charge in [-0.2, -0.15) is 4.98 Å². The smallest absolute Gasteiger partial charge is 0.319 e.